The number of hydrogen-bond donors (Lipinski definition) is 0. The lowest BCUT2D eigenvalue weighted by molar-refractivity contribution is -0.149. The molecule has 7 nitrogen and oxygen atoms in total. The van der Waals surface area contributed by atoms with Crippen molar-refractivity contribution < 1.29 is 28.2 Å². The maximum absolute atomic E-state index is 11.8. The van der Waals surface area contributed by atoms with Crippen LogP contribution >= 0.6 is 0 Å². The van der Waals surface area contributed by atoms with Gasteiger partial charge in [-0.2, -0.15) is 0 Å². The molecule has 0 aliphatic carbocycles. The largest absolute Gasteiger partial charge is 0.481 e. The second-order valence-electron chi connectivity index (χ2n) is 6.34. The standard InChI is InChI=1S/C20H24O7/c1-5-24-18(21)7-6-14-9-15-13(4)8-19(22)27-17(15)10-16(14)25-11-20(23)26-12(2)3/h8-10,12H,5-7,11H2,1-4H3. The maximum atomic E-state index is 11.8. The summed E-state index contributed by atoms with van der Waals surface area (Å²) < 4.78 is 20.8. The highest BCUT2D eigenvalue weighted by Gasteiger charge is 2.15. The Kier molecular flexibility index (Phi) is 6.98. The number of hydrogen-bond acceptors (Lipinski definition) is 7. The van der Waals surface area contributed by atoms with Crippen LogP contribution in [-0.2, 0) is 25.5 Å². The van der Waals surface area contributed by atoms with Crippen LogP contribution < -0.4 is 10.4 Å². The molecule has 0 aliphatic heterocycles. The van der Waals surface area contributed by atoms with Crippen molar-refractivity contribution in [1.29, 1.82) is 0 Å². The van der Waals surface area contributed by atoms with Crippen LogP contribution in [0.1, 0.15) is 38.3 Å². The third-order valence-electron chi connectivity index (χ3n) is 3.75. The molecule has 0 saturated carbocycles. The van der Waals surface area contributed by atoms with Crippen LogP contribution in [0.3, 0.4) is 0 Å². The molecule has 27 heavy (non-hydrogen) atoms. The van der Waals surface area contributed by atoms with Gasteiger partial charge in [-0.05, 0) is 51.3 Å². The Balaban J connectivity index is 2.32. The lowest BCUT2D eigenvalue weighted by Crippen LogP contribution is -2.19. The van der Waals surface area contributed by atoms with Crippen LogP contribution in [0.15, 0.2) is 27.4 Å². The average Bonchev–Trinajstić information content (AvgIpc) is 2.57. The Morgan fingerprint density at radius 1 is 1.15 bits per heavy atom. The van der Waals surface area contributed by atoms with Crippen LogP contribution in [0.4, 0.5) is 0 Å². The Bertz CT molecular complexity index is 880. The predicted octanol–water partition coefficient (Wildman–Crippen LogP) is 2.93. The maximum Gasteiger partial charge on any atom is 0.344 e. The molecule has 1 aromatic carbocycles. The molecule has 0 atom stereocenters. The number of esters is 2. The van der Waals surface area contributed by atoms with Gasteiger partial charge in [-0.3, -0.25) is 4.79 Å². The van der Waals surface area contributed by atoms with Gasteiger partial charge in [0.05, 0.1) is 12.7 Å². The smallest absolute Gasteiger partial charge is 0.344 e. The van der Waals surface area contributed by atoms with Crippen molar-refractivity contribution in [2.75, 3.05) is 13.2 Å². The molecular weight excluding hydrogens is 352 g/mol. The summed E-state index contributed by atoms with van der Waals surface area (Å²) in [5.41, 5.74) is 1.35. The number of ether oxygens (including phenoxy) is 3. The zero-order valence-corrected chi connectivity index (χ0v) is 16.0. The van der Waals surface area contributed by atoms with E-state index >= 15 is 0 Å². The van der Waals surface area contributed by atoms with Gasteiger partial charge in [0.15, 0.2) is 6.61 Å². The first kappa shape index (κ1) is 20.5. The zero-order chi connectivity index (χ0) is 20.0. The first-order chi connectivity index (χ1) is 12.8. The summed E-state index contributed by atoms with van der Waals surface area (Å²) in [6.45, 7) is 7.06. The normalized spacial score (nSPS) is 10.9. The fraction of sp³-hybridized carbons (Fsp3) is 0.450. The third kappa shape index (κ3) is 5.84. The van der Waals surface area contributed by atoms with E-state index in [1.807, 2.05) is 0 Å². The fourth-order valence-electron chi connectivity index (χ4n) is 2.62. The number of benzene rings is 1. The lowest BCUT2D eigenvalue weighted by Gasteiger charge is -2.14. The minimum atomic E-state index is -0.507. The molecule has 0 spiro atoms. The number of rotatable bonds is 8. The van der Waals surface area contributed by atoms with E-state index in [1.165, 1.54) is 6.07 Å². The van der Waals surface area contributed by atoms with Gasteiger partial charge in [-0.25, -0.2) is 9.59 Å². The quantitative estimate of drug-likeness (QED) is 0.517. The number of aryl methyl sites for hydroxylation is 2. The van der Waals surface area contributed by atoms with E-state index in [4.69, 9.17) is 18.6 Å². The minimum Gasteiger partial charge on any atom is -0.481 e. The van der Waals surface area contributed by atoms with Crippen molar-refractivity contribution in [3.8, 4) is 5.75 Å². The number of fused-ring (bicyclic) bond motifs is 1. The first-order valence-electron chi connectivity index (χ1n) is 8.85. The van der Waals surface area contributed by atoms with Gasteiger partial charge in [0, 0.05) is 23.9 Å². The summed E-state index contributed by atoms with van der Waals surface area (Å²) in [4.78, 5) is 35.1. The summed E-state index contributed by atoms with van der Waals surface area (Å²) >= 11 is 0. The molecule has 0 bridgehead atoms. The van der Waals surface area contributed by atoms with Gasteiger partial charge >= 0.3 is 17.6 Å². The van der Waals surface area contributed by atoms with Gasteiger partial charge in [0.1, 0.15) is 11.3 Å². The first-order valence-corrected chi connectivity index (χ1v) is 8.85. The topological polar surface area (TPSA) is 92.0 Å². The molecular formula is C20H24O7. The summed E-state index contributed by atoms with van der Waals surface area (Å²) in [6, 6.07) is 4.76. The Morgan fingerprint density at radius 2 is 1.89 bits per heavy atom. The molecule has 0 unspecified atom stereocenters. The highest BCUT2D eigenvalue weighted by atomic mass is 16.6. The Morgan fingerprint density at radius 3 is 2.56 bits per heavy atom. The zero-order valence-electron chi connectivity index (χ0n) is 16.0. The Labute approximate surface area is 157 Å². The second-order valence-corrected chi connectivity index (χ2v) is 6.34. The van der Waals surface area contributed by atoms with Gasteiger partial charge in [-0.15, -0.1) is 0 Å². The van der Waals surface area contributed by atoms with E-state index in [-0.39, 0.29) is 25.1 Å². The molecule has 1 heterocycles. The van der Waals surface area contributed by atoms with E-state index in [9.17, 15) is 14.4 Å². The van der Waals surface area contributed by atoms with Crippen LogP contribution in [0.25, 0.3) is 11.0 Å². The van der Waals surface area contributed by atoms with Crippen LogP contribution in [-0.4, -0.2) is 31.3 Å². The molecule has 7 heteroatoms. The molecule has 0 fully saturated rings. The molecule has 0 saturated heterocycles. The van der Waals surface area contributed by atoms with Crippen molar-refractivity contribution in [2.45, 2.75) is 46.6 Å². The van der Waals surface area contributed by atoms with Gasteiger partial charge < -0.3 is 18.6 Å². The predicted molar refractivity (Wildman–Crippen MR) is 98.9 cm³/mol. The van der Waals surface area contributed by atoms with Gasteiger partial charge in [0.2, 0.25) is 0 Å². The molecule has 2 aromatic rings. The summed E-state index contributed by atoms with van der Waals surface area (Å²) in [5.74, 6) is -0.465. The third-order valence-corrected chi connectivity index (χ3v) is 3.75. The summed E-state index contributed by atoms with van der Waals surface area (Å²) in [7, 11) is 0. The van der Waals surface area contributed by atoms with Gasteiger partial charge in [0.25, 0.3) is 0 Å². The van der Waals surface area contributed by atoms with Crippen molar-refractivity contribution in [3.05, 3.63) is 39.7 Å². The molecule has 0 amide bonds. The van der Waals surface area contributed by atoms with Crippen molar-refractivity contribution in [3.63, 3.8) is 0 Å². The van der Waals surface area contributed by atoms with E-state index in [1.54, 1.807) is 39.8 Å². The molecule has 0 aliphatic rings. The van der Waals surface area contributed by atoms with E-state index < -0.39 is 11.6 Å². The molecule has 1 aromatic heterocycles. The lowest BCUT2D eigenvalue weighted by atomic mass is 10.0. The highest BCUT2D eigenvalue weighted by molar-refractivity contribution is 5.83. The van der Waals surface area contributed by atoms with E-state index in [0.717, 1.165) is 10.9 Å². The van der Waals surface area contributed by atoms with Crippen molar-refractivity contribution >= 4 is 22.9 Å². The van der Waals surface area contributed by atoms with Crippen LogP contribution in [0.2, 0.25) is 0 Å². The average molecular weight is 376 g/mol. The fourth-order valence-corrected chi connectivity index (χ4v) is 2.62. The van der Waals surface area contributed by atoms with Crippen molar-refractivity contribution in [1.82, 2.24) is 0 Å². The highest BCUT2D eigenvalue weighted by Crippen LogP contribution is 2.28. The molecule has 2 rings (SSSR count). The SMILES string of the molecule is CCOC(=O)CCc1cc2c(C)cc(=O)oc2cc1OCC(=O)OC(C)C. The van der Waals surface area contributed by atoms with E-state index in [2.05, 4.69) is 0 Å². The minimum absolute atomic E-state index is 0.169. The molecule has 0 radical (unpaired) electrons. The van der Waals surface area contributed by atoms with Crippen molar-refractivity contribution in [2.24, 2.45) is 0 Å². The summed E-state index contributed by atoms with van der Waals surface area (Å²) in [6.07, 6.45) is 0.283. The van der Waals surface area contributed by atoms with E-state index in [0.29, 0.717) is 29.9 Å². The van der Waals surface area contributed by atoms with Crippen LogP contribution in [0.5, 0.6) is 5.75 Å². The summed E-state index contributed by atoms with van der Waals surface area (Å²) in [5, 5.41) is 0.741. The number of carbonyl (C=O) groups is 2. The second kappa shape index (κ2) is 9.21. The van der Waals surface area contributed by atoms with Gasteiger partial charge in [-0.1, -0.05) is 0 Å². The molecule has 0 N–H and O–H groups in total. The Hall–Kier alpha value is -2.83. The monoisotopic (exact) mass is 376 g/mol. The molecule has 146 valence electrons. The number of carbonyl (C=O) groups excluding carboxylic acids is 2. The van der Waals surface area contributed by atoms with Crippen LogP contribution in [0, 0.1) is 6.92 Å².